The SMILES string of the molecule is Cc1cc(C)c(CC(=O)Cc2ccccc2Cl)c(C)c1. The Kier molecular flexibility index (Phi) is 4.61. The molecule has 0 saturated heterocycles. The molecule has 0 atom stereocenters. The van der Waals surface area contributed by atoms with Crippen molar-refractivity contribution in [1.29, 1.82) is 0 Å². The van der Waals surface area contributed by atoms with Gasteiger partial charge in [0.15, 0.2) is 0 Å². The van der Waals surface area contributed by atoms with E-state index >= 15 is 0 Å². The normalized spacial score (nSPS) is 10.6. The molecule has 20 heavy (non-hydrogen) atoms. The van der Waals surface area contributed by atoms with Crippen LogP contribution in [-0.4, -0.2) is 5.78 Å². The molecule has 0 fully saturated rings. The van der Waals surface area contributed by atoms with Crippen molar-refractivity contribution >= 4 is 17.4 Å². The Balaban J connectivity index is 2.15. The third-order valence-electron chi connectivity index (χ3n) is 3.56. The summed E-state index contributed by atoms with van der Waals surface area (Å²) in [6.07, 6.45) is 0.871. The van der Waals surface area contributed by atoms with Gasteiger partial charge in [-0.25, -0.2) is 0 Å². The fourth-order valence-electron chi connectivity index (χ4n) is 2.60. The van der Waals surface area contributed by atoms with E-state index in [0.29, 0.717) is 17.9 Å². The molecule has 0 aliphatic rings. The number of hydrogen-bond acceptors (Lipinski definition) is 1. The first-order chi connectivity index (χ1) is 9.47. The standard InChI is InChI=1S/C18H19ClO/c1-12-8-13(2)17(14(3)9-12)11-16(20)10-15-6-4-5-7-18(15)19/h4-9H,10-11H2,1-3H3. The lowest BCUT2D eigenvalue weighted by molar-refractivity contribution is -0.117. The van der Waals surface area contributed by atoms with Gasteiger partial charge >= 0.3 is 0 Å². The molecule has 0 aliphatic heterocycles. The van der Waals surface area contributed by atoms with Crippen LogP contribution in [-0.2, 0) is 17.6 Å². The van der Waals surface area contributed by atoms with Crippen molar-refractivity contribution in [1.82, 2.24) is 0 Å². The Morgan fingerprint density at radius 1 is 1.00 bits per heavy atom. The fraction of sp³-hybridized carbons (Fsp3) is 0.278. The average Bonchev–Trinajstić information content (AvgIpc) is 2.36. The highest BCUT2D eigenvalue weighted by molar-refractivity contribution is 6.31. The van der Waals surface area contributed by atoms with E-state index in [2.05, 4.69) is 32.9 Å². The van der Waals surface area contributed by atoms with E-state index in [9.17, 15) is 4.79 Å². The monoisotopic (exact) mass is 286 g/mol. The van der Waals surface area contributed by atoms with Crippen LogP contribution in [0.4, 0.5) is 0 Å². The number of aryl methyl sites for hydroxylation is 3. The molecule has 2 heteroatoms. The minimum absolute atomic E-state index is 0.202. The summed E-state index contributed by atoms with van der Waals surface area (Å²) in [7, 11) is 0. The second-order valence-corrected chi connectivity index (χ2v) is 5.77. The van der Waals surface area contributed by atoms with Crippen LogP contribution in [0.15, 0.2) is 36.4 Å². The molecule has 0 N–H and O–H groups in total. The largest absolute Gasteiger partial charge is 0.299 e. The number of carbonyl (C=O) groups excluding carboxylic acids is 1. The number of benzene rings is 2. The lowest BCUT2D eigenvalue weighted by Crippen LogP contribution is -2.09. The van der Waals surface area contributed by atoms with Gasteiger partial charge in [0.25, 0.3) is 0 Å². The summed E-state index contributed by atoms with van der Waals surface area (Å²) in [6, 6.07) is 11.8. The van der Waals surface area contributed by atoms with Gasteiger partial charge in [-0.05, 0) is 49.1 Å². The molecule has 1 nitrogen and oxygen atoms in total. The summed E-state index contributed by atoms with van der Waals surface area (Å²) in [5.41, 5.74) is 5.67. The van der Waals surface area contributed by atoms with Crippen LogP contribution in [0.1, 0.15) is 27.8 Å². The lowest BCUT2D eigenvalue weighted by atomic mass is 9.94. The molecule has 0 spiro atoms. The summed E-state index contributed by atoms with van der Waals surface area (Å²) in [6.45, 7) is 6.21. The molecule has 2 aromatic rings. The quantitative estimate of drug-likeness (QED) is 0.801. The predicted molar refractivity (Wildman–Crippen MR) is 84.5 cm³/mol. The van der Waals surface area contributed by atoms with Crippen LogP contribution in [0.2, 0.25) is 5.02 Å². The first-order valence-electron chi connectivity index (χ1n) is 6.79. The van der Waals surface area contributed by atoms with E-state index in [1.54, 1.807) is 0 Å². The first kappa shape index (κ1) is 14.8. The predicted octanol–water partition coefficient (Wildman–Crippen LogP) is 4.62. The Morgan fingerprint density at radius 2 is 1.60 bits per heavy atom. The van der Waals surface area contributed by atoms with Crippen molar-refractivity contribution in [3.63, 3.8) is 0 Å². The Labute approximate surface area is 125 Å². The van der Waals surface area contributed by atoms with Crippen LogP contribution in [0, 0.1) is 20.8 Å². The number of hydrogen-bond donors (Lipinski definition) is 0. The Hall–Kier alpha value is -1.60. The van der Waals surface area contributed by atoms with E-state index in [-0.39, 0.29) is 5.78 Å². The number of halogens is 1. The second-order valence-electron chi connectivity index (χ2n) is 5.36. The van der Waals surface area contributed by atoms with Crippen molar-refractivity contribution in [2.75, 3.05) is 0 Å². The Bertz CT molecular complexity index is 621. The minimum atomic E-state index is 0.202. The minimum Gasteiger partial charge on any atom is -0.299 e. The molecule has 0 radical (unpaired) electrons. The molecule has 0 amide bonds. The summed E-state index contributed by atoms with van der Waals surface area (Å²) in [5.74, 6) is 0.202. The van der Waals surface area contributed by atoms with Crippen LogP contribution < -0.4 is 0 Å². The highest BCUT2D eigenvalue weighted by atomic mass is 35.5. The fourth-order valence-corrected chi connectivity index (χ4v) is 2.81. The van der Waals surface area contributed by atoms with Crippen molar-refractivity contribution < 1.29 is 4.79 Å². The number of ketones is 1. The van der Waals surface area contributed by atoms with Crippen molar-refractivity contribution in [2.45, 2.75) is 33.6 Å². The zero-order valence-electron chi connectivity index (χ0n) is 12.2. The van der Waals surface area contributed by atoms with Gasteiger partial charge < -0.3 is 0 Å². The maximum atomic E-state index is 12.3. The van der Waals surface area contributed by atoms with Gasteiger partial charge in [-0.1, -0.05) is 47.5 Å². The van der Waals surface area contributed by atoms with Crippen LogP contribution >= 0.6 is 11.6 Å². The molecule has 0 saturated carbocycles. The molecule has 0 aliphatic carbocycles. The molecule has 0 bridgehead atoms. The maximum absolute atomic E-state index is 12.3. The zero-order chi connectivity index (χ0) is 14.7. The number of rotatable bonds is 4. The van der Waals surface area contributed by atoms with Gasteiger partial charge in [-0.15, -0.1) is 0 Å². The summed E-state index contributed by atoms with van der Waals surface area (Å²) in [5, 5.41) is 0.665. The molecule has 0 heterocycles. The second kappa shape index (κ2) is 6.23. The van der Waals surface area contributed by atoms with Crippen molar-refractivity contribution in [3.05, 3.63) is 69.2 Å². The van der Waals surface area contributed by atoms with Gasteiger partial charge in [0.1, 0.15) is 5.78 Å². The summed E-state index contributed by atoms with van der Waals surface area (Å²) < 4.78 is 0. The highest BCUT2D eigenvalue weighted by Crippen LogP contribution is 2.20. The van der Waals surface area contributed by atoms with Crippen molar-refractivity contribution in [3.8, 4) is 0 Å². The third-order valence-corrected chi connectivity index (χ3v) is 3.93. The maximum Gasteiger partial charge on any atom is 0.141 e. The van der Waals surface area contributed by atoms with E-state index < -0.39 is 0 Å². The number of carbonyl (C=O) groups is 1. The molecule has 2 aromatic carbocycles. The summed E-state index contributed by atoms with van der Waals surface area (Å²) >= 11 is 6.10. The molecular weight excluding hydrogens is 268 g/mol. The van der Waals surface area contributed by atoms with Crippen LogP contribution in [0.3, 0.4) is 0 Å². The van der Waals surface area contributed by atoms with Crippen molar-refractivity contribution in [2.24, 2.45) is 0 Å². The van der Waals surface area contributed by atoms with Gasteiger partial charge in [-0.3, -0.25) is 4.79 Å². The molecule has 104 valence electrons. The smallest absolute Gasteiger partial charge is 0.141 e. The first-order valence-corrected chi connectivity index (χ1v) is 7.17. The van der Waals surface area contributed by atoms with E-state index in [1.807, 2.05) is 24.3 Å². The average molecular weight is 287 g/mol. The van der Waals surface area contributed by atoms with Gasteiger partial charge in [0.2, 0.25) is 0 Å². The van der Waals surface area contributed by atoms with Crippen LogP contribution in [0.25, 0.3) is 0 Å². The van der Waals surface area contributed by atoms with Crippen LogP contribution in [0.5, 0.6) is 0 Å². The lowest BCUT2D eigenvalue weighted by Gasteiger charge is -2.11. The molecular formula is C18H19ClO. The third kappa shape index (κ3) is 3.49. The molecule has 2 rings (SSSR count). The van der Waals surface area contributed by atoms with Gasteiger partial charge in [-0.2, -0.15) is 0 Å². The van der Waals surface area contributed by atoms with E-state index in [0.717, 1.165) is 11.1 Å². The number of Topliss-reactive ketones (excluding diaryl/α,β-unsaturated/α-hetero) is 1. The highest BCUT2D eigenvalue weighted by Gasteiger charge is 2.11. The van der Waals surface area contributed by atoms with E-state index in [4.69, 9.17) is 11.6 Å². The van der Waals surface area contributed by atoms with Gasteiger partial charge in [0.05, 0.1) is 0 Å². The zero-order valence-corrected chi connectivity index (χ0v) is 12.9. The van der Waals surface area contributed by atoms with E-state index in [1.165, 1.54) is 16.7 Å². The Morgan fingerprint density at radius 3 is 2.20 bits per heavy atom. The molecule has 0 aromatic heterocycles. The topological polar surface area (TPSA) is 17.1 Å². The van der Waals surface area contributed by atoms with Gasteiger partial charge in [0, 0.05) is 17.9 Å². The summed E-state index contributed by atoms with van der Waals surface area (Å²) in [4.78, 5) is 12.3. The molecule has 0 unspecified atom stereocenters.